The molecule has 0 radical (unpaired) electrons. The highest BCUT2D eigenvalue weighted by molar-refractivity contribution is 5.37. The Hall–Kier alpha value is -0.820. The van der Waals surface area contributed by atoms with Crippen LogP contribution in [0.4, 0.5) is 0 Å². The number of rotatable bonds is 8. The van der Waals surface area contributed by atoms with Crippen LogP contribution in [0.1, 0.15) is 99.8 Å². The smallest absolute Gasteiger partial charge is 0.187 e. The number of methoxy groups -OCH3 is 1. The summed E-state index contributed by atoms with van der Waals surface area (Å²) in [6, 6.07) is 0. The van der Waals surface area contributed by atoms with Crippen molar-refractivity contribution in [3.63, 3.8) is 0 Å². The summed E-state index contributed by atoms with van der Waals surface area (Å²) >= 11 is 0. The minimum atomic E-state index is -1.74. The summed E-state index contributed by atoms with van der Waals surface area (Å²) in [6.45, 7) is 14.4. The van der Waals surface area contributed by atoms with Gasteiger partial charge in [-0.2, -0.15) is 0 Å². The number of hydrogen-bond acceptors (Lipinski definition) is 14. The van der Waals surface area contributed by atoms with Crippen molar-refractivity contribution in [1.82, 2.24) is 0 Å². The van der Waals surface area contributed by atoms with Gasteiger partial charge in [-0.1, -0.05) is 53.2 Å². The van der Waals surface area contributed by atoms with Gasteiger partial charge in [-0.3, -0.25) is 0 Å². The summed E-state index contributed by atoms with van der Waals surface area (Å²) < 4.78 is 30.6. The molecule has 9 N–H and O–H groups in total. The Bertz CT molecular complexity index is 1490. The summed E-state index contributed by atoms with van der Waals surface area (Å²) in [5.74, 6) is 0.0264. The van der Waals surface area contributed by atoms with Crippen LogP contribution in [0.3, 0.4) is 0 Å². The molecule has 2 aliphatic heterocycles. The van der Waals surface area contributed by atoms with Crippen LogP contribution < -0.4 is 0 Å². The van der Waals surface area contributed by atoms with E-state index in [9.17, 15) is 46.0 Å². The first-order valence-corrected chi connectivity index (χ1v) is 21.4. The monoisotopic (exact) mass is 812 g/mol. The second kappa shape index (κ2) is 15.2. The van der Waals surface area contributed by atoms with E-state index in [1.54, 1.807) is 14.0 Å². The third-order valence-corrected chi connectivity index (χ3v) is 17.7. The maximum atomic E-state index is 12.1. The van der Waals surface area contributed by atoms with Crippen LogP contribution in [0, 0.1) is 50.2 Å². The van der Waals surface area contributed by atoms with Crippen LogP contribution >= 0.6 is 0 Å². The second-order valence-corrected chi connectivity index (χ2v) is 21.0. The van der Waals surface area contributed by atoms with E-state index in [1.165, 1.54) is 5.57 Å². The third-order valence-electron chi connectivity index (χ3n) is 17.7. The average Bonchev–Trinajstić information content (AvgIpc) is 3.16. The molecular formula is C43H72O14. The average molecular weight is 813 g/mol. The first-order chi connectivity index (χ1) is 26.6. The zero-order valence-electron chi connectivity index (χ0n) is 35.2. The number of aliphatic hydroxyl groups is 9. The molecule has 7 aliphatic rings. The molecule has 5 aliphatic carbocycles. The van der Waals surface area contributed by atoms with Crippen molar-refractivity contribution in [2.24, 2.45) is 50.2 Å². The standard InChI is InChI=1S/C43H72O14/c1-21-29(48)34(57-36-32(51)31(50)30(49)25(18-44)55-36)33(52)37(54-21)56-28-10-11-39(4)26(40(28,5)19-45)9-12-41(6)35(39)24(53-8)15-22-23-16-38(2,3)13-14-43(23,20-46)27(47)17-42(22,41)7/h15,21,23-37,44-52H,9-14,16-20H2,1-8H3/t21-,23+,24+,25-,26-,27-,28+,29+,30-,31+,32-,33-,34+,35-,36+,37+,39+,40+,41-,42-,43-/m1/s1. The molecule has 6 fully saturated rings. The quantitative estimate of drug-likeness (QED) is 0.125. The van der Waals surface area contributed by atoms with E-state index >= 15 is 0 Å². The first-order valence-electron chi connectivity index (χ1n) is 21.4. The molecule has 0 spiro atoms. The number of hydrogen-bond donors (Lipinski definition) is 9. The third kappa shape index (κ3) is 6.48. The molecule has 0 aromatic heterocycles. The molecule has 2 heterocycles. The largest absolute Gasteiger partial charge is 0.396 e. The van der Waals surface area contributed by atoms with E-state index in [0.29, 0.717) is 12.8 Å². The van der Waals surface area contributed by atoms with Gasteiger partial charge in [-0.25, -0.2) is 0 Å². The fourth-order valence-corrected chi connectivity index (χ4v) is 14.0. The highest BCUT2D eigenvalue weighted by Gasteiger charge is 2.72. The van der Waals surface area contributed by atoms with Crippen LogP contribution in [0.15, 0.2) is 11.6 Å². The Labute approximate surface area is 337 Å². The minimum Gasteiger partial charge on any atom is -0.396 e. The van der Waals surface area contributed by atoms with E-state index in [0.717, 1.165) is 38.5 Å². The molecule has 0 aromatic carbocycles. The minimum absolute atomic E-state index is 0.0303. The molecular weight excluding hydrogens is 740 g/mol. The lowest BCUT2D eigenvalue weighted by Crippen LogP contribution is -2.70. The van der Waals surface area contributed by atoms with Crippen LogP contribution in [-0.4, -0.2) is 153 Å². The Morgan fingerprint density at radius 2 is 1.42 bits per heavy atom. The van der Waals surface area contributed by atoms with Gasteiger partial charge in [0.25, 0.3) is 0 Å². The van der Waals surface area contributed by atoms with Gasteiger partial charge in [0.15, 0.2) is 12.6 Å². The van der Waals surface area contributed by atoms with Crippen molar-refractivity contribution < 1.29 is 69.6 Å². The Morgan fingerprint density at radius 3 is 2.05 bits per heavy atom. The van der Waals surface area contributed by atoms with E-state index in [2.05, 4.69) is 40.7 Å². The van der Waals surface area contributed by atoms with Gasteiger partial charge in [0.05, 0.1) is 44.2 Å². The first kappa shape index (κ1) is 44.2. The van der Waals surface area contributed by atoms with Gasteiger partial charge < -0.3 is 69.6 Å². The van der Waals surface area contributed by atoms with Crippen LogP contribution in [0.2, 0.25) is 0 Å². The molecule has 4 saturated carbocycles. The fraction of sp³-hybridized carbons (Fsp3) is 0.953. The number of allylic oxidation sites excluding steroid dienone is 1. The maximum absolute atomic E-state index is 12.1. The van der Waals surface area contributed by atoms with Gasteiger partial charge in [-0.05, 0) is 91.8 Å². The highest BCUT2D eigenvalue weighted by atomic mass is 16.7. The van der Waals surface area contributed by atoms with Gasteiger partial charge in [-0.15, -0.1) is 0 Å². The van der Waals surface area contributed by atoms with Crippen LogP contribution in [-0.2, 0) is 23.7 Å². The van der Waals surface area contributed by atoms with Crippen molar-refractivity contribution in [2.75, 3.05) is 26.9 Å². The lowest BCUT2D eigenvalue weighted by Gasteiger charge is -2.73. The molecule has 14 heteroatoms. The number of fused-ring (bicyclic) bond motifs is 7. The second-order valence-electron chi connectivity index (χ2n) is 21.0. The normalized spacial score (nSPS) is 56.1. The lowest BCUT2D eigenvalue weighted by molar-refractivity contribution is -0.368. The van der Waals surface area contributed by atoms with Gasteiger partial charge in [0, 0.05) is 23.9 Å². The fourth-order valence-electron chi connectivity index (χ4n) is 14.0. The van der Waals surface area contributed by atoms with Gasteiger partial charge in [0.1, 0.15) is 42.7 Å². The number of ether oxygens (including phenoxy) is 5. The summed E-state index contributed by atoms with van der Waals surface area (Å²) in [5.41, 5.74) is -0.934. The topological polar surface area (TPSA) is 228 Å². The Balaban J connectivity index is 1.17. The molecule has 57 heavy (non-hydrogen) atoms. The predicted octanol–water partition coefficient (Wildman–Crippen LogP) is 1.39. The summed E-state index contributed by atoms with van der Waals surface area (Å²) in [7, 11) is 1.78. The molecule has 0 bridgehead atoms. The molecule has 2 saturated heterocycles. The van der Waals surface area contributed by atoms with E-state index in [-0.39, 0.29) is 58.7 Å². The lowest BCUT2D eigenvalue weighted by atomic mass is 9.32. The SMILES string of the molecule is CO[C@H]1C=C2[C@@H]3CC(C)(C)CC[C@]3(CO)[C@H](O)C[C@@]2(C)[C@]2(C)CC[C@H]3[C@](C)(CO)[C@@H](O[C@@H]4O[C@H](C)[C@H](O)[C@H](O[C@@H]5O[C@H](CO)[C@@H](O)[C@H](O)[C@H]5O)[C@H]4O)CC[C@]3(C)[C@@H]12. The van der Waals surface area contributed by atoms with E-state index in [1.807, 2.05) is 6.92 Å². The van der Waals surface area contributed by atoms with Crippen molar-refractivity contribution in [1.29, 1.82) is 0 Å². The number of aliphatic hydroxyl groups excluding tert-OH is 9. The van der Waals surface area contributed by atoms with Crippen LogP contribution in [0.5, 0.6) is 0 Å². The molecule has 0 unspecified atom stereocenters. The van der Waals surface area contributed by atoms with Crippen molar-refractivity contribution in [3.8, 4) is 0 Å². The van der Waals surface area contributed by atoms with E-state index in [4.69, 9.17) is 23.7 Å². The van der Waals surface area contributed by atoms with Crippen molar-refractivity contribution >= 4 is 0 Å². The highest BCUT2D eigenvalue weighted by Crippen LogP contribution is 2.76. The van der Waals surface area contributed by atoms with E-state index < -0.39 is 91.1 Å². The summed E-state index contributed by atoms with van der Waals surface area (Å²) in [4.78, 5) is 0. The van der Waals surface area contributed by atoms with Crippen molar-refractivity contribution in [2.45, 2.75) is 180 Å². The zero-order valence-corrected chi connectivity index (χ0v) is 35.2. The van der Waals surface area contributed by atoms with Crippen molar-refractivity contribution in [3.05, 3.63) is 11.6 Å². The van der Waals surface area contributed by atoms with Gasteiger partial charge >= 0.3 is 0 Å². The summed E-state index contributed by atoms with van der Waals surface area (Å²) in [5, 5.41) is 98.1. The molecule has 0 amide bonds. The Morgan fingerprint density at radius 1 is 0.737 bits per heavy atom. The predicted molar refractivity (Wildman–Crippen MR) is 205 cm³/mol. The van der Waals surface area contributed by atoms with Gasteiger partial charge in [0.2, 0.25) is 0 Å². The van der Waals surface area contributed by atoms with Crippen LogP contribution in [0.25, 0.3) is 0 Å². The molecule has 14 nitrogen and oxygen atoms in total. The maximum Gasteiger partial charge on any atom is 0.187 e. The Kier molecular flexibility index (Phi) is 11.8. The zero-order chi connectivity index (χ0) is 41.8. The molecule has 328 valence electrons. The molecule has 21 atom stereocenters. The molecule has 0 aromatic rings. The molecule has 7 rings (SSSR count). The summed E-state index contributed by atoms with van der Waals surface area (Å²) in [6.07, 6.45) is -7.49.